The SMILES string of the molecule is Cc1ccc(C(=O)CCCC2CCCO2)c(F)c1. The van der Waals surface area contributed by atoms with Gasteiger partial charge in [-0.05, 0) is 50.3 Å². The summed E-state index contributed by atoms with van der Waals surface area (Å²) in [6, 6.07) is 4.77. The van der Waals surface area contributed by atoms with Gasteiger partial charge in [-0.1, -0.05) is 6.07 Å². The van der Waals surface area contributed by atoms with Crippen molar-refractivity contribution in [3.8, 4) is 0 Å². The molecule has 2 nitrogen and oxygen atoms in total. The highest BCUT2D eigenvalue weighted by atomic mass is 19.1. The van der Waals surface area contributed by atoms with Gasteiger partial charge in [-0.15, -0.1) is 0 Å². The number of hydrogen-bond donors (Lipinski definition) is 0. The number of benzene rings is 1. The number of halogens is 1. The van der Waals surface area contributed by atoms with Crippen molar-refractivity contribution >= 4 is 5.78 Å². The Morgan fingerprint density at radius 3 is 3.00 bits per heavy atom. The predicted molar refractivity (Wildman–Crippen MR) is 68.3 cm³/mol. The Balaban J connectivity index is 1.83. The Morgan fingerprint density at radius 1 is 1.50 bits per heavy atom. The molecular formula is C15H19FO2. The van der Waals surface area contributed by atoms with Gasteiger partial charge in [-0.3, -0.25) is 4.79 Å². The second-order valence-corrected chi connectivity index (χ2v) is 4.93. The number of Topliss-reactive ketones (excluding diaryl/α,β-unsaturated/α-hetero) is 1. The molecule has 2 rings (SSSR count). The Labute approximate surface area is 107 Å². The normalized spacial score (nSPS) is 19.1. The van der Waals surface area contributed by atoms with E-state index in [1.54, 1.807) is 12.1 Å². The maximum Gasteiger partial charge on any atom is 0.165 e. The van der Waals surface area contributed by atoms with Gasteiger partial charge in [-0.2, -0.15) is 0 Å². The van der Waals surface area contributed by atoms with Gasteiger partial charge in [0, 0.05) is 13.0 Å². The van der Waals surface area contributed by atoms with Gasteiger partial charge in [0.1, 0.15) is 5.82 Å². The van der Waals surface area contributed by atoms with Crippen LogP contribution in [0.5, 0.6) is 0 Å². The molecule has 1 heterocycles. The van der Waals surface area contributed by atoms with Crippen molar-refractivity contribution in [2.24, 2.45) is 0 Å². The topological polar surface area (TPSA) is 26.3 Å². The van der Waals surface area contributed by atoms with E-state index in [4.69, 9.17) is 4.74 Å². The number of hydrogen-bond acceptors (Lipinski definition) is 2. The van der Waals surface area contributed by atoms with Crippen LogP contribution >= 0.6 is 0 Å². The molecule has 1 unspecified atom stereocenters. The average molecular weight is 250 g/mol. The molecule has 0 aliphatic carbocycles. The standard InChI is InChI=1S/C15H19FO2/c1-11-7-8-13(14(16)10-11)15(17)6-2-4-12-5-3-9-18-12/h7-8,10,12H,2-6,9H2,1H3. The summed E-state index contributed by atoms with van der Waals surface area (Å²) < 4.78 is 19.1. The summed E-state index contributed by atoms with van der Waals surface area (Å²) in [7, 11) is 0. The lowest BCUT2D eigenvalue weighted by atomic mass is 10.0. The summed E-state index contributed by atoms with van der Waals surface area (Å²) in [5.74, 6) is -0.511. The Bertz CT molecular complexity index is 423. The highest BCUT2D eigenvalue weighted by Crippen LogP contribution is 2.19. The molecule has 0 saturated carbocycles. The fraction of sp³-hybridized carbons (Fsp3) is 0.533. The first-order chi connectivity index (χ1) is 8.66. The molecule has 18 heavy (non-hydrogen) atoms. The van der Waals surface area contributed by atoms with Gasteiger partial charge >= 0.3 is 0 Å². The van der Waals surface area contributed by atoms with Crippen LogP contribution in [-0.2, 0) is 4.74 Å². The number of carbonyl (C=O) groups is 1. The smallest absolute Gasteiger partial charge is 0.165 e. The van der Waals surface area contributed by atoms with Crippen molar-refractivity contribution in [3.63, 3.8) is 0 Å². The minimum absolute atomic E-state index is 0.106. The second kappa shape index (κ2) is 6.10. The van der Waals surface area contributed by atoms with Crippen molar-refractivity contribution in [1.29, 1.82) is 0 Å². The van der Waals surface area contributed by atoms with Gasteiger partial charge in [0.2, 0.25) is 0 Å². The van der Waals surface area contributed by atoms with Crippen molar-refractivity contribution < 1.29 is 13.9 Å². The summed E-state index contributed by atoms with van der Waals surface area (Å²) in [6.07, 6.45) is 4.59. The highest BCUT2D eigenvalue weighted by Gasteiger charge is 2.16. The van der Waals surface area contributed by atoms with Gasteiger partial charge in [0.05, 0.1) is 11.7 Å². The maximum atomic E-state index is 13.6. The van der Waals surface area contributed by atoms with E-state index in [1.165, 1.54) is 6.07 Å². The molecule has 1 atom stereocenters. The molecule has 0 radical (unpaired) electrons. The van der Waals surface area contributed by atoms with E-state index in [1.807, 2.05) is 6.92 Å². The molecule has 1 aromatic rings. The van der Waals surface area contributed by atoms with Crippen LogP contribution in [0, 0.1) is 12.7 Å². The minimum Gasteiger partial charge on any atom is -0.378 e. The van der Waals surface area contributed by atoms with Crippen LogP contribution in [0.1, 0.15) is 48.0 Å². The molecule has 0 aromatic heterocycles. The summed E-state index contributed by atoms with van der Waals surface area (Å²) in [5.41, 5.74) is 1.05. The van der Waals surface area contributed by atoms with Crippen LogP contribution in [0.25, 0.3) is 0 Å². The van der Waals surface area contributed by atoms with Crippen molar-refractivity contribution in [2.45, 2.75) is 45.1 Å². The number of ether oxygens (including phenoxy) is 1. The van der Waals surface area contributed by atoms with Crippen molar-refractivity contribution in [1.82, 2.24) is 0 Å². The van der Waals surface area contributed by atoms with Gasteiger partial charge < -0.3 is 4.74 Å². The lowest BCUT2D eigenvalue weighted by Crippen LogP contribution is -2.07. The van der Waals surface area contributed by atoms with E-state index in [-0.39, 0.29) is 11.3 Å². The lowest BCUT2D eigenvalue weighted by molar-refractivity contribution is 0.0920. The first kappa shape index (κ1) is 13.2. The summed E-state index contributed by atoms with van der Waals surface area (Å²) in [4.78, 5) is 11.9. The fourth-order valence-electron chi connectivity index (χ4n) is 2.34. The molecule has 1 fully saturated rings. The molecule has 1 aliphatic rings. The van der Waals surface area contributed by atoms with Crippen LogP contribution in [-0.4, -0.2) is 18.5 Å². The van der Waals surface area contributed by atoms with Crippen LogP contribution in [0.3, 0.4) is 0 Å². The zero-order chi connectivity index (χ0) is 13.0. The van der Waals surface area contributed by atoms with Crippen LogP contribution < -0.4 is 0 Å². The van der Waals surface area contributed by atoms with Crippen molar-refractivity contribution in [2.75, 3.05) is 6.61 Å². The van der Waals surface area contributed by atoms with E-state index in [0.717, 1.165) is 37.9 Å². The van der Waals surface area contributed by atoms with E-state index in [0.29, 0.717) is 12.5 Å². The number of carbonyl (C=O) groups excluding carboxylic acids is 1. The lowest BCUT2D eigenvalue weighted by Gasteiger charge is -2.08. The molecule has 98 valence electrons. The molecule has 0 bridgehead atoms. The zero-order valence-electron chi connectivity index (χ0n) is 10.7. The third-order valence-corrected chi connectivity index (χ3v) is 3.38. The first-order valence-electron chi connectivity index (χ1n) is 6.58. The summed E-state index contributed by atoms with van der Waals surface area (Å²) in [6.45, 7) is 2.65. The van der Waals surface area contributed by atoms with Gasteiger partial charge in [-0.25, -0.2) is 4.39 Å². The monoisotopic (exact) mass is 250 g/mol. The zero-order valence-corrected chi connectivity index (χ0v) is 10.7. The highest BCUT2D eigenvalue weighted by molar-refractivity contribution is 5.96. The fourth-order valence-corrected chi connectivity index (χ4v) is 2.34. The van der Waals surface area contributed by atoms with E-state index in [2.05, 4.69) is 0 Å². The summed E-state index contributed by atoms with van der Waals surface area (Å²) >= 11 is 0. The molecule has 1 aromatic carbocycles. The van der Waals surface area contributed by atoms with E-state index < -0.39 is 5.82 Å². The maximum absolute atomic E-state index is 13.6. The molecule has 3 heteroatoms. The summed E-state index contributed by atoms with van der Waals surface area (Å²) in [5, 5.41) is 0. The van der Waals surface area contributed by atoms with E-state index >= 15 is 0 Å². The Hall–Kier alpha value is -1.22. The molecule has 1 saturated heterocycles. The Morgan fingerprint density at radius 2 is 2.33 bits per heavy atom. The largest absolute Gasteiger partial charge is 0.378 e. The number of ketones is 1. The minimum atomic E-state index is -0.405. The number of rotatable bonds is 5. The van der Waals surface area contributed by atoms with Gasteiger partial charge in [0.25, 0.3) is 0 Å². The Kier molecular flexibility index (Phi) is 4.48. The molecule has 1 aliphatic heterocycles. The third kappa shape index (κ3) is 3.39. The number of aryl methyl sites for hydroxylation is 1. The molecular weight excluding hydrogens is 231 g/mol. The van der Waals surface area contributed by atoms with E-state index in [9.17, 15) is 9.18 Å². The van der Waals surface area contributed by atoms with Crippen LogP contribution in [0.4, 0.5) is 4.39 Å². The molecule has 0 N–H and O–H groups in total. The molecule has 0 amide bonds. The van der Waals surface area contributed by atoms with Gasteiger partial charge in [0.15, 0.2) is 5.78 Å². The third-order valence-electron chi connectivity index (χ3n) is 3.38. The van der Waals surface area contributed by atoms with Crippen LogP contribution in [0.15, 0.2) is 18.2 Å². The van der Waals surface area contributed by atoms with Crippen LogP contribution in [0.2, 0.25) is 0 Å². The second-order valence-electron chi connectivity index (χ2n) is 4.93. The predicted octanol–water partition coefficient (Wildman–Crippen LogP) is 3.67. The quantitative estimate of drug-likeness (QED) is 0.745. The van der Waals surface area contributed by atoms with Crippen molar-refractivity contribution in [3.05, 3.63) is 35.1 Å². The molecule has 0 spiro atoms. The first-order valence-corrected chi connectivity index (χ1v) is 6.58. The average Bonchev–Trinajstić information content (AvgIpc) is 2.81.